The van der Waals surface area contributed by atoms with E-state index in [-0.39, 0.29) is 0 Å². The monoisotopic (exact) mass is 477 g/mol. The predicted molar refractivity (Wildman–Crippen MR) is 131 cm³/mol. The molecule has 0 bridgehead atoms. The Morgan fingerprint density at radius 2 is 1.82 bits per heavy atom. The van der Waals surface area contributed by atoms with Crippen molar-refractivity contribution in [1.82, 2.24) is 24.1 Å². The van der Waals surface area contributed by atoms with Gasteiger partial charge in [0.15, 0.2) is 0 Å². The van der Waals surface area contributed by atoms with Crippen molar-refractivity contribution in [3.63, 3.8) is 0 Å². The van der Waals surface area contributed by atoms with Crippen molar-refractivity contribution in [1.29, 1.82) is 0 Å². The Bertz CT molecular complexity index is 1480. The highest BCUT2D eigenvalue weighted by molar-refractivity contribution is 6.39. The van der Waals surface area contributed by atoms with Gasteiger partial charge < -0.3 is 9.14 Å². The largest absolute Gasteiger partial charge is 0.381 e. The van der Waals surface area contributed by atoms with Crippen LogP contribution in [0.15, 0.2) is 55.1 Å². The summed E-state index contributed by atoms with van der Waals surface area (Å²) in [6.07, 6.45) is 9.86. The molecule has 5 heterocycles. The molecule has 1 fully saturated rings. The molecule has 6 nitrogen and oxygen atoms in total. The Morgan fingerprint density at radius 1 is 1.03 bits per heavy atom. The zero-order chi connectivity index (χ0) is 22.5. The number of ether oxygens (including phenoxy) is 1. The molecule has 0 aliphatic carbocycles. The molecule has 1 saturated heterocycles. The smallest absolute Gasteiger partial charge is 0.147 e. The fourth-order valence-corrected chi connectivity index (χ4v) is 5.15. The van der Waals surface area contributed by atoms with Crippen molar-refractivity contribution in [3.8, 4) is 22.4 Å². The Kier molecular flexibility index (Phi) is 5.09. The molecule has 0 atom stereocenters. The molecule has 4 aromatic heterocycles. The van der Waals surface area contributed by atoms with Gasteiger partial charge in [0.05, 0.1) is 33.5 Å². The number of benzene rings is 1. The summed E-state index contributed by atoms with van der Waals surface area (Å²) in [7, 11) is 0. The first-order chi connectivity index (χ1) is 16.1. The van der Waals surface area contributed by atoms with E-state index in [4.69, 9.17) is 37.9 Å². The topological polar surface area (TPSA) is 57.2 Å². The second-order valence-electron chi connectivity index (χ2n) is 8.36. The lowest BCUT2D eigenvalue weighted by Crippen LogP contribution is -2.19. The molecule has 166 valence electrons. The average Bonchev–Trinajstić information content (AvgIpc) is 3.45. The molecule has 1 aliphatic rings. The number of fused-ring (bicyclic) bond motifs is 3. The summed E-state index contributed by atoms with van der Waals surface area (Å²) in [4.78, 5) is 9.68. The van der Waals surface area contributed by atoms with Crippen LogP contribution in [0.25, 0.3) is 38.9 Å². The molecule has 6 rings (SSSR count). The first-order valence-electron chi connectivity index (χ1n) is 10.9. The van der Waals surface area contributed by atoms with Gasteiger partial charge in [-0.05, 0) is 44.0 Å². The lowest BCUT2D eigenvalue weighted by atomic mass is 10.1. The summed E-state index contributed by atoms with van der Waals surface area (Å²) in [6, 6.07) is 10.0. The minimum Gasteiger partial charge on any atom is -0.381 e. The van der Waals surface area contributed by atoms with Gasteiger partial charge in [-0.15, -0.1) is 0 Å². The zero-order valence-corrected chi connectivity index (χ0v) is 19.5. The third-order valence-electron chi connectivity index (χ3n) is 6.39. The van der Waals surface area contributed by atoms with Crippen LogP contribution in [0.3, 0.4) is 0 Å². The Morgan fingerprint density at radius 3 is 2.61 bits per heavy atom. The van der Waals surface area contributed by atoms with E-state index in [2.05, 4.69) is 26.4 Å². The van der Waals surface area contributed by atoms with Crippen LogP contribution in [-0.4, -0.2) is 37.4 Å². The van der Waals surface area contributed by atoms with Gasteiger partial charge in [-0.1, -0.05) is 29.3 Å². The van der Waals surface area contributed by atoms with Gasteiger partial charge >= 0.3 is 0 Å². The quantitative estimate of drug-likeness (QED) is 0.302. The summed E-state index contributed by atoms with van der Waals surface area (Å²) in [5.41, 5.74) is 6.24. The molecule has 0 radical (unpaired) electrons. The van der Waals surface area contributed by atoms with Crippen LogP contribution in [-0.2, 0) is 4.74 Å². The van der Waals surface area contributed by atoms with Gasteiger partial charge in [0, 0.05) is 59.6 Å². The SMILES string of the molecule is Cc1c(-c2c(Cl)cccc2Cl)nc2c3cc(-c4cnn(C5CCOCC5)c4)cnc3ccn12. The fourth-order valence-electron chi connectivity index (χ4n) is 4.57. The van der Waals surface area contributed by atoms with Gasteiger partial charge in [-0.25, -0.2) is 4.98 Å². The summed E-state index contributed by atoms with van der Waals surface area (Å²) in [5, 5.41) is 6.75. The van der Waals surface area contributed by atoms with Crippen molar-refractivity contribution < 1.29 is 4.74 Å². The molecule has 0 spiro atoms. The fraction of sp³-hybridized carbons (Fsp3) is 0.240. The maximum Gasteiger partial charge on any atom is 0.147 e. The van der Waals surface area contributed by atoms with Crippen LogP contribution in [0.5, 0.6) is 0 Å². The summed E-state index contributed by atoms with van der Waals surface area (Å²) >= 11 is 13.0. The van der Waals surface area contributed by atoms with Crippen molar-refractivity contribution in [3.05, 3.63) is 70.9 Å². The van der Waals surface area contributed by atoms with Crippen molar-refractivity contribution >= 4 is 39.8 Å². The Labute approximate surface area is 200 Å². The highest BCUT2D eigenvalue weighted by Crippen LogP contribution is 2.37. The normalized spacial score (nSPS) is 15.0. The number of nitrogens with zero attached hydrogens (tertiary/aromatic N) is 5. The molecular formula is C25H21Cl2N5O. The number of hydrogen-bond acceptors (Lipinski definition) is 4. The summed E-state index contributed by atoms with van der Waals surface area (Å²) in [6.45, 7) is 3.59. The first-order valence-corrected chi connectivity index (χ1v) is 11.7. The van der Waals surface area contributed by atoms with Gasteiger partial charge in [0.25, 0.3) is 0 Å². The van der Waals surface area contributed by atoms with E-state index in [9.17, 15) is 0 Å². The van der Waals surface area contributed by atoms with E-state index in [0.717, 1.165) is 70.7 Å². The van der Waals surface area contributed by atoms with Gasteiger partial charge in [-0.3, -0.25) is 9.67 Å². The maximum atomic E-state index is 6.49. The molecule has 0 amide bonds. The molecule has 1 aliphatic heterocycles. The third kappa shape index (κ3) is 3.50. The number of aryl methyl sites for hydroxylation is 1. The first kappa shape index (κ1) is 20.7. The van der Waals surface area contributed by atoms with Gasteiger partial charge in [-0.2, -0.15) is 5.10 Å². The van der Waals surface area contributed by atoms with E-state index in [1.807, 2.05) is 49.8 Å². The molecule has 0 saturated carbocycles. The highest BCUT2D eigenvalue weighted by atomic mass is 35.5. The number of aromatic nitrogens is 5. The minimum absolute atomic E-state index is 0.380. The van der Waals surface area contributed by atoms with Crippen LogP contribution < -0.4 is 0 Å². The summed E-state index contributed by atoms with van der Waals surface area (Å²) in [5.74, 6) is 0. The third-order valence-corrected chi connectivity index (χ3v) is 7.02. The number of pyridine rings is 2. The number of halogens is 2. The second kappa shape index (κ2) is 8.13. The highest BCUT2D eigenvalue weighted by Gasteiger charge is 2.19. The van der Waals surface area contributed by atoms with Gasteiger partial charge in [0.1, 0.15) is 5.65 Å². The van der Waals surface area contributed by atoms with Crippen LogP contribution in [0.1, 0.15) is 24.6 Å². The standard InChI is InChI=1S/C25H21Cl2N5O/c1-15-24(23-20(26)3-2-4-21(23)27)30-25-19-11-16(12-28-22(19)5-8-31(15)25)17-13-29-32(14-17)18-6-9-33-10-7-18/h2-5,8,11-14,18H,6-7,9-10H2,1H3. The predicted octanol–water partition coefficient (Wildman–Crippen LogP) is 6.38. The number of rotatable bonds is 3. The lowest BCUT2D eigenvalue weighted by Gasteiger charge is -2.22. The average molecular weight is 478 g/mol. The van der Waals surface area contributed by atoms with Crippen LogP contribution >= 0.6 is 23.2 Å². The molecule has 0 N–H and O–H groups in total. The van der Waals surface area contributed by atoms with Gasteiger partial charge in [0.2, 0.25) is 0 Å². The van der Waals surface area contributed by atoms with E-state index >= 15 is 0 Å². The molecule has 5 aromatic rings. The van der Waals surface area contributed by atoms with Crippen LogP contribution in [0.4, 0.5) is 0 Å². The second-order valence-corrected chi connectivity index (χ2v) is 9.18. The number of imidazole rings is 1. The van der Waals surface area contributed by atoms with Crippen molar-refractivity contribution in [2.45, 2.75) is 25.8 Å². The number of hydrogen-bond donors (Lipinski definition) is 0. The van der Waals surface area contributed by atoms with Crippen molar-refractivity contribution in [2.24, 2.45) is 0 Å². The van der Waals surface area contributed by atoms with E-state index < -0.39 is 0 Å². The Hall–Kier alpha value is -2.93. The molecule has 33 heavy (non-hydrogen) atoms. The Balaban J connectivity index is 1.48. The zero-order valence-electron chi connectivity index (χ0n) is 18.0. The van der Waals surface area contributed by atoms with E-state index in [0.29, 0.717) is 16.1 Å². The van der Waals surface area contributed by atoms with E-state index in [1.165, 1.54) is 0 Å². The summed E-state index contributed by atoms with van der Waals surface area (Å²) < 4.78 is 9.60. The lowest BCUT2D eigenvalue weighted by molar-refractivity contribution is 0.0662. The molecule has 8 heteroatoms. The molecule has 0 unspecified atom stereocenters. The minimum atomic E-state index is 0.380. The maximum absolute atomic E-state index is 6.49. The molecular weight excluding hydrogens is 457 g/mol. The van der Waals surface area contributed by atoms with Crippen molar-refractivity contribution in [2.75, 3.05) is 13.2 Å². The van der Waals surface area contributed by atoms with E-state index in [1.54, 1.807) is 0 Å². The van der Waals surface area contributed by atoms with Crippen LogP contribution in [0, 0.1) is 6.92 Å². The molecule has 1 aromatic carbocycles. The van der Waals surface area contributed by atoms with Crippen LogP contribution in [0.2, 0.25) is 10.0 Å².